The number of carbonyl (C=O) groups excluding carboxylic acids is 2. The quantitative estimate of drug-likeness (QED) is 0.436. The molecule has 11 heteroatoms. The predicted octanol–water partition coefficient (Wildman–Crippen LogP) is 5.53. The van der Waals surface area contributed by atoms with E-state index in [0.717, 1.165) is 6.20 Å². The number of piperidine rings is 1. The van der Waals surface area contributed by atoms with Crippen LogP contribution < -0.4 is 15.4 Å². The molecule has 1 saturated heterocycles. The molecule has 2 N–H and O–H groups in total. The number of halogens is 2. The highest BCUT2D eigenvalue weighted by molar-refractivity contribution is 6.04. The SMILES string of the molecule is CC(C)(C)OC(=O)N1CCC(Oc2ccc(Nc3ncccc3NC(=O)c3ncc(F)cc3F)cc2)CC1. The van der Waals surface area contributed by atoms with Gasteiger partial charge in [0.2, 0.25) is 0 Å². The third-order valence-electron chi connectivity index (χ3n) is 5.59. The van der Waals surface area contributed by atoms with E-state index in [-0.39, 0.29) is 12.2 Å². The van der Waals surface area contributed by atoms with Crippen molar-refractivity contribution in [1.29, 1.82) is 0 Å². The highest BCUT2D eigenvalue weighted by Gasteiger charge is 2.27. The lowest BCUT2D eigenvalue weighted by Crippen LogP contribution is -2.44. The molecule has 0 atom stereocenters. The number of hydrogen-bond acceptors (Lipinski definition) is 7. The molecule has 3 heterocycles. The highest BCUT2D eigenvalue weighted by atomic mass is 19.1. The van der Waals surface area contributed by atoms with Crippen molar-refractivity contribution in [2.75, 3.05) is 23.7 Å². The van der Waals surface area contributed by atoms with E-state index in [1.807, 2.05) is 32.9 Å². The Labute approximate surface area is 219 Å². The van der Waals surface area contributed by atoms with Gasteiger partial charge < -0.3 is 25.0 Å². The number of pyridine rings is 2. The Morgan fingerprint density at radius 1 is 1.05 bits per heavy atom. The molecule has 0 radical (unpaired) electrons. The molecule has 0 spiro atoms. The van der Waals surface area contributed by atoms with Gasteiger partial charge in [-0.1, -0.05) is 0 Å². The van der Waals surface area contributed by atoms with Crippen LogP contribution in [0.1, 0.15) is 44.1 Å². The first kappa shape index (κ1) is 26.8. The monoisotopic (exact) mass is 525 g/mol. The topological polar surface area (TPSA) is 106 Å². The van der Waals surface area contributed by atoms with E-state index in [9.17, 15) is 18.4 Å². The molecule has 1 aliphatic rings. The molecule has 0 bridgehead atoms. The van der Waals surface area contributed by atoms with Gasteiger partial charge >= 0.3 is 6.09 Å². The Morgan fingerprint density at radius 2 is 1.76 bits per heavy atom. The van der Waals surface area contributed by atoms with Gasteiger partial charge in [-0.05, 0) is 57.2 Å². The number of carbonyl (C=O) groups is 2. The van der Waals surface area contributed by atoms with Gasteiger partial charge in [0.05, 0.1) is 11.9 Å². The lowest BCUT2D eigenvalue weighted by molar-refractivity contribution is 0.0126. The van der Waals surface area contributed by atoms with Crippen LogP contribution in [0.4, 0.5) is 30.8 Å². The summed E-state index contributed by atoms with van der Waals surface area (Å²) in [5.41, 5.74) is -0.0864. The minimum atomic E-state index is -1.06. The van der Waals surface area contributed by atoms with Crippen molar-refractivity contribution in [2.24, 2.45) is 0 Å². The lowest BCUT2D eigenvalue weighted by Gasteiger charge is -2.33. The summed E-state index contributed by atoms with van der Waals surface area (Å²) >= 11 is 0. The van der Waals surface area contributed by atoms with Crippen LogP contribution in [0.3, 0.4) is 0 Å². The summed E-state index contributed by atoms with van der Waals surface area (Å²) in [5, 5.41) is 5.65. The second kappa shape index (κ2) is 11.4. The normalized spacial score (nSPS) is 14.1. The fourth-order valence-corrected chi connectivity index (χ4v) is 3.80. The van der Waals surface area contributed by atoms with Crippen molar-refractivity contribution in [1.82, 2.24) is 14.9 Å². The number of ether oxygens (including phenoxy) is 2. The number of nitrogens with one attached hydrogen (secondary N) is 2. The molecule has 4 rings (SSSR count). The Balaban J connectivity index is 1.33. The van der Waals surface area contributed by atoms with Crippen LogP contribution in [0.5, 0.6) is 5.75 Å². The van der Waals surface area contributed by atoms with Gasteiger partial charge in [-0.3, -0.25) is 4.79 Å². The second-order valence-electron chi connectivity index (χ2n) is 9.77. The number of rotatable bonds is 6. The van der Waals surface area contributed by atoms with Crippen LogP contribution in [-0.4, -0.2) is 51.7 Å². The fourth-order valence-electron chi connectivity index (χ4n) is 3.80. The molecule has 2 aromatic heterocycles. The molecule has 1 fully saturated rings. The Morgan fingerprint density at radius 3 is 2.42 bits per heavy atom. The molecule has 0 saturated carbocycles. The molecular formula is C27H29F2N5O4. The number of nitrogens with zero attached hydrogens (tertiary/aromatic N) is 3. The molecule has 3 aromatic rings. The average Bonchev–Trinajstić information content (AvgIpc) is 2.86. The van der Waals surface area contributed by atoms with E-state index in [0.29, 0.717) is 54.9 Å². The zero-order chi connectivity index (χ0) is 27.3. The Hall–Kier alpha value is -4.28. The smallest absolute Gasteiger partial charge is 0.410 e. The maximum absolute atomic E-state index is 13.9. The zero-order valence-electron chi connectivity index (χ0n) is 21.3. The van der Waals surface area contributed by atoms with Crippen LogP contribution in [0.25, 0.3) is 0 Å². The van der Waals surface area contributed by atoms with Crippen molar-refractivity contribution in [3.63, 3.8) is 0 Å². The fraction of sp³-hybridized carbons (Fsp3) is 0.333. The molecule has 1 aromatic carbocycles. The van der Waals surface area contributed by atoms with Crippen LogP contribution in [0.15, 0.2) is 54.9 Å². The van der Waals surface area contributed by atoms with E-state index in [1.165, 1.54) is 6.20 Å². The molecular weight excluding hydrogens is 496 g/mol. The van der Waals surface area contributed by atoms with Gasteiger partial charge in [0.1, 0.15) is 23.3 Å². The van der Waals surface area contributed by atoms with Gasteiger partial charge in [0.15, 0.2) is 17.3 Å². The summed E-state index contributed by atoms with van der Waals surface area (Å²) in [5.74, 6) is -1.77. The summed E-state index contributed by atoms with van der Waals surface area (Å²) in [7, 11) is 0. The first-order valence-electron chi connectivity index (χ1n) is 12.2. The van der Waals surface area contributed by atoms with Crippen molar-refractivity contribution in [3.8, 4) is 5.75 Å². The van der Waals surface area contributed by atoms with Crippen LogP contribution >= 0.6 is 0 Å². The summed E-state index contributed by atoms with van der Waals surface area (Å²) in [4.78, 5) is 34.2. The number of benzene rings is 1. The summed E-state index contributed by atoms with van der Waals surface area (Å²) in [6.07, 6.45) is 3.37. The molecule has 200 valence electrons. The molecule has 38 heavy (non-hydrogen) atoms. The predicted molar refractivity (Wildman–Crippen MR) is 138 cm³/mol. The standard InChI is InChI=1S/C27H29F2N5O4/c1-27(2,3)38-26(36)34-13-10-20(11-14-34)37-19-8-6-18(7-9-19)32-24-22(5-4-12-30-24)33-25(35)23-21(29)15-17(28)16-31-23/h4-9,12,15-16,20H,10-11,13-14H2,1-3H3,(H,30,32)(H,33,35). The third kappa shape index (κ3) is 7.15. The highest BCUT2D eigenvalue weighted by Crippen LogP contribution is 2.26. The van der Waals surface area contributed by atoms with Crippen LogP contribution in [0.2, 0.25) is 0 Å². The van der Waals surface area contributed by atoms with Gasteiger partial charge in [-0.25, -0.2) is 23.5 Å². The van der Waals surface area contributed by atoms with Crippen molar-refractivity contribution in [2.45, 2.75) is 45.3 Å². The minimum Gasteiger partial charge on any atom is -0.490 e. The van der Waals surface area contributed by atoms with E-state index in [1.54, 1.807) is 29.2 Å². The number of aromatic nitrogens is 2. The van der Waals surface area contributed by atoms with Crippen LogP contribution in [-0.2, 0) is 4.74 Å². The first-order valence-corrected chi connectivity index (χ1v) is 12.2. The molecule has 1 aliphatic heterocycles. The van der Waals surface area contributed by atoms with Gasteiger partial charge in [-0.2, -0.15) is 0 Å². The van der Waals surface area contributed by atoms with E-state index in [2.05, 4.69) is 20.6 Å². The first-order chi connectivity index (χ1) is 18.1. The number of likely N-dealkylation sites (tertiary alicyclic amines) is 1. The molecule has 2 amide bonds. The number of amides is 2. The van der Waals surface area contributed by atoms with Crippen molar-refractivity contribution in [3.05, 3.63) is 72.2 Å². The Kier molecular flexibility index (Phi) is 8.04. The summed E-state index contributed by atoms with van der Waals surface area (Å²) in [6.45, 7) is 6.65. The van der Waals surface area contributed by atoms with Crippen molar-refractivity contribution < 1.29 is 27.8 Å². The maximum atomic E-state index is 13.9. The maximum Gasteiger partial charge on any atom is 0.410 e. The average molecular weight is 526 g/mol. The van der Waals surface area contributed by atoms with E-state index in [4.69, 9.17) is 9.47 Å². The van der Waals surface area contributed by atoms with E-state index >= 15 is 0 Å². The minimum absolute atomic E-state index is 0.0226. The molecule has 9 nitrogen and oxygen atoms in total. The number of anilines is 3. The van der Waals surface area contributed by atoms with Gasteiger partial charge in [-0.15, -0.1) is 0 Å². The number of hydrogen-bond donors (Lipinski definition) is 2. The summed E-state index contributed by atoms with van der Waals surface area (Å²) < 4.78 is 38.6. The van der Waals surface area contributed by atoms with Gasteiger partial charge in [0, 0.05) is 43.9 Å². The largest absolute Gasteiger partial charge is 0.490 e. The zero-order valence-corrected chi connectivity index (χ0v) is 21.3. The Bertz CT molecular complexity index is 1290. The molecule has 0 aliphatic carbocycles. The third-order valence-corrected chi connectivity index (χ3v) is 5.59. The molecule has 0 unspecified atom stereocenters. The second-order valence-corrected chi connectivity index (χ2v) is 9.77. The van der Waals surface area contributed by atoms with Crippen molar-refractivity contribution >= 4 is 29.2 Å². The van der Waals surface area contributed by atoms with E-state index < -0.39 is 28.8 Å². The lowest BCUT2D eigenvalue weighted by atomic mass is 10.1. The van der Waals surface area contributed by atoms with Gasteiger partial charge in [0.25, 0.3) is 5.91 Å². The van der Waals surface area contributed by atoms with Crippen LogP contribution in [0, 0.1) is 11.6 Å². The summed E-state index contributed by atoms with van der Waals surface area (Å²) in [6, 6.07) is 11.0.